The molecule has 0 radical (unpaired) electrons. The first kappa shape index (κ1) is 9.93. The summed E-state index contributed by atoms with van der Waals surface area (Å²) in [4.78, 5) is 0. The summed E-state index contributed by atoms with van der Waals surface area (Å²) in [6, 6.07) is 7.84. The fraction of sp³-hybridized carbons (Fsp3) is 0.250. The molecule has 0 fully saturated rings. The van der Waals surface area contributed by atoms with Crippen LogP contribution in [0, 0.1) is 13.8 Å². The van der Waals surface area contributed by atoms with Gasteiger partial charge in [0.1, 0.15) is 5.69 Å². The van der Waals surface area contributed by atoms with Gasteiger partial charge < -0.3 is 9.63 Å². The number of benzene rings is 1. The third kappa shape index (κ3) is 1.92. The molecule has 3 heteroatoms. The molecule has 1 aromatic carbocycles. The molecular formula is C12H13NO2. The Hall–Kier alpha value is -1.61. The molecule has 2 aromatic rings. The summed E-state index contributed by atoms with van der Waals surface area (Å²) in [5.74, 6) is 0.696. The molecule has 1 N–H and O–H groups in total. The molecule has 78 valence electrons. The first-order valence-electron chi connectivity index (χ1n) is 4.85. The molecule has 0 atom stereocenters. The van der Waals surface area contributed by atoms with Crippen molar-refractivity contribution in [3.8, 4) is 11.3 Å². The Morgan fingerprint density at radius 2 is 2.00 bits per heavy atom. The van der Waals surface area contributed by atoms with Crippen molar-refractivity contribution in [3.05, 3.63) is 41.1 Å². The highest BCUT2D eigenvalue weighted by atomic mass is 16.5. The van der Waals surface area contributed by atoms with Gasteiger partial charge in [0.05, 0.1) is 6.61 Å². The van der Waals surface area contributed by atoms with Crippen molar-refractivity contribution >= 4 is 0 Å². The predicted molar refractivity (Wildman–Crippen MR) is 57.3 cm³/mol. The third-order valence-electron chi connectivity index (χ3n) is 2.51. The molecule has 0 aliphatic rings. The van der Waals surface area contributed by atoms with Crippen molar-refractivity contribution in [1.82, 2.24) is 5.16 Å². The van der Waals surface area contributed by atoms with Gasteiger partial charge in [-0.25, -0.2) is 0 Å². The lowest BCUT2D eigenvalue weighted by Gasteiger charge is -2.01. The topological polar surface area (TPSA) is 46.3 Å². The smallest absolute Gasteiger partial charge is 0.167 e. The second kappa shape index (κ2) is 3.87. The van der Waals surface area contributed by atoms with Gasteiger partial charge in [0, 0.05) is 11.6 Å². The largest absolute Gasteiger partial charge is 0.390 e. The van der Waals surface area contributed by atoms with Gasteiger partial charge >= 0.3 is 0 Å². The minimum atomic E-state index is -0.0889. The minimum absolute atomic E-state index is 0.0889. The number of hydrogen-bond donors (Lipinski definition) is 1. The zero-order valence-corrected chi connectivity index (χ0v) is 8.82. The molecule has 0 bridgehead atoms. The van der Waals surface area contributed by atoms with E-state index < -0.39 is 0 Å². The average Bonchev–Trinajstić information content (AvgIpc) is 2.70. The lowest BCUT2D eigenvalue weighted by molar-refractivity contribution is 0.267. The monoisotopic (exact) mass is 203 g/mol. The summed E-state index contributed by atoms with van der Waals surface area (Å²) in [5, 5.41) is 12.6. The van der Waals surface area contributed by atoms with Gasteiger partial charge in [-0.2, -0.15) is 0 Å². The lowest BCUT2D eigenvalue weighted by atomic mass is 10.0. The first-order chi connectivity index (χ1) is 7.20. The lowest BCUT2D eigenvalue weighted by Crippen LogP contribution is -1.82. The van der Waals surface area contributed by atoms with E-state index in [0.29, 0.717) is 11.5 Å². The molecular weight excluding hydrogens is 190 g/mol. The van der Waals surface area contributed by atoms with Crippen molar-refractivity contribution in [2.24, 2.45) is 0 Å². The molecule has 15 heavy (non-hydrogen) atoms. The Bertz CT molecular complexity index is 474. The molecule has 3 nitrogen and oxygen atoms in total. The van der Waals surface area contributed by atoms with Crippen LogP contribution >= 0.6 is 0 Å². The first-order valence-corrected chi connectivity index (χ1v) is 4.85. The van der Waals surface area contributed by atoms with Crippen molar-refractivity contribution in [2.45, 2.75) is 20.5 Å². The van der Waals surface area contributed by atoms with Gasteiger partial charge in [-0.3, -0.25) is 0 Å². The molecule has 0 aliphatic heterocycles. The molecule has 2 rings (SSSR count). The van der Waals surface area contributed by atoms with E-state index in [0.717, 1.165) is 5.56 Å². The Kier molecular flexibility index (Phi) is 2.56. The van der Waals surface area contributed by atoms with E-state index in [4.69, 9.17) is 9.63 Å². The van der Waals surface area contributed by atoms with Crippen LogP contribution < -0.4 is 0 Å². The van der Waals surface area contributed by atoms with E-state index in [2.05, 4.69) is 25.1 Å². The van der Waals surface area contributed by atoms with Crippen LogP contribution in [0.25, 0.3) is 11.3 Å². The number of nitrogens with zero attached hydrogens (tertiary/aromatic N) is 1. The summed E-state index contributed by atoms with van der Waals surface area (Å²) in [6.45, 7) is 4.04. The summed E-state index contributed by atoms with van der Waals surface area (Å²) in [6.07, 6.45) is 0. The van der Waals surface area contributed by atoms with E-state index >= 15 is 0 Å². The van der Waals surface area contributed by atoms with E-state index in [9.17, 15) is 0 Å². The van der Waals surface area contributed by atoms with Crippen LogP contribution in [0.2, 0.25) is 0 Å². The Morgan fingerprint density at radius 3 is 2.60 bits per heavy atom. The molecule has 0 aliphatic carbocycles. The molecule has 0 saturated heterocycles. The van der Waals surface area contributed by atoms with Gasteiger partial charge in [-0.05, 0) is 31.0 Å². The Balaban J connectivity index is 2.40. The average molecular weight is 203 g/mol. The number of aliphatic hydroxyl groups is 1. The van der Waals surface area contributed by atoms with Crippen LogP contribution in [0.5, 0.6) is 0 Å². The number of rotatable bonds is 2. The molecule has 0 amide bonds. The third-order valence-corrected chi connectivity index (χ3v) is 2.51. The summed E-state index contributed by atoms with van der Waals surface area (Å²) in [7, 11) is 0. The molecule has 0 unspecified atom stereocenters. The van der Waals surface area contributed by atoms with Gasteiger partial charge in [0.15, 0.2) is 5.76 Å². The van der Waals surface area contributed by atoms with Crippen LogP contribution in [0.4, 0.5) is 0 Å². The standard InChI is InChI=1S/C12H13NO2/c1-8-3-4-10(5-9(8)2)12-6-11(7-14)13-15-12/h3-6,14H,7H2,1-2H3. The maximum Gasteiger partial charge on any atom is 0.167 e. The van der Waals surface area contributed by atoms with Crippen molar-refractivity contribution in [1.29, 1.82) is 0 Å². The van der Waals surface area contributed by atoms with Crippen LogP contribution in [0.15, 0.2) is 28.8 Å². The van der Waals surface area contributed by atoms with Gasteiger partial charge in [0.25, 0.3) is 0 Å². The van der Waals surface area contributed by atoms with Crippen molar-refractivity contribution in [2.75, 3.05) is 0 Å². The number of aryl methyl sites for hydroxylation is 2. The number of aliphatic hydroxyl groups excluding tert-OH is 1. The minimum Gasteiger partial charge on any atom is -0.390 e. The molecule has 0 saturated carbocycles. The fourth-order valence-corrected chi connectivity index (χ4v) is 1.42. The Morgan fingerprint density at radius 1 is 1.20 bits per heavy atom. The van der Waals surface area contributed by atoms with E-state index in [-0.39, 0.29) is 6.61 Å². The van der Waals surface area contributed by atoms with Crippen molar-refractivity contribution in [3.63, 3.8) is 0 Å². The predicted octanol–water partition coefficient (Wildman–Crippen LogP) is 2.45. The normalized spacial score (nSPS) is 10.6. The summed E-state index contributed by atoms with van der Waals surface area (Å²) < 4.78 is 5.13. The number of aromatic nitrogens is 1. The maximum absolute atomic E-state index is 8.87. The van der Waals surface area contributed by atoms with Crippen LogP contribution in [0.1, 0.15) is 16.8 Å². The van der Waals surface area contributed by atoms with E-state index in [1.807, 2.05) is 12.1 Å². The molecule has 0 spiro atoms. The van der Waals surface area contributed by atoms with Crippen LogP contribution in [-0.4, -0.2) is 10.3 Å². The fourth-order valence-electron chi connectivity index (χ4n) is 1.42. The second-order valence-electron chi connectivity index (χ2n) is 3.64. The molecule has 1 aromatic heterocycles. The zero-order valence-electron chi connectivity index (χ0n) is 8.82. The quantitative estimate of drug-likeness (QED) is 0.815. The van der Waals surface area contributed by atoms with Crippen molar-refractivity contribution < 1.29 is 9.63 Å². The van der Waals surface area contributed by atoms with E-state index in [1.54, 1.807) is 6.07 Å². The van der Waals surface area contributed by atoms with E-state index in [1.165, 1.54) is 11.1 Å². The number of hydrogen-bond acceptors (Lipinski definition) is 3. The maximum atomic E-state index is 8.87. The SMILES string of the molecule is Cc1ccc(-c2cc(CO)no2)cc1C. The summed E-state index contributed by atoms with van der Waals surface area (Å²) in [5.41, 5.74) is 4.02. The zero-order chi connectivity index (χ0) is 10.8. The van der Waals surface area contributed by atoms with Crippen LogP contribution in [0.3, 0.4) is 0 Å². The highest BCUT2D eigenvalue weighted by Gasteiger charge is 2.06. The van der Waals surface area contributed by atoms with Gasteiger partial charge in [-0.1, -0.05) is 17.3 Å². The van der Waals surface area contributed by atoms with Crippen LogP contribution in [-0.2, 0) is 6.61 Å². The van der Waals surface area contributed by atoms with Gasteiger partial charge in [-0.15, -0.1) is 0 Å². The Labute approximate surface area is 88.3 Å². The summed E-state index contributed by atoms with van der Waals surface area (Å²) >= 11 is 0. The highest BCUT2D eigenvalue weighted by Crippen LogP contribution is 2.22. The second-order valence-corrected chi connectivity index (χ2v) is 3.64. The molecule has 1 heterocycles. The highest BCUT2D eigenvalue weighted by molar-refractivity contribution is 5.59. The van der Waals surface area contributed by atoms with Gasteiger partial charge in [0.2, 0.25) is 0 Å².